The van der Waals surface area contributed by atoms with E-state index in [1.165, 1.54) is 0 Å². The van der Waals surface area contributed by atoms with Crippen LogP contribution >= 0.6 is 0 Å². The fourth-order valence-electron chi connectivity index (χ4n) is 1.48. The quantitative estimate of drug-likeness (QED) is 0.775. The molecule has 0 aliphatic rings. The number of sulfonamides is 1. The first-order valence-electron chi connectivity index (χ1n) is 5.37. The van der Waals surface area contributed by atoms with Crippen molar-refractivity contribution in [2.45, 2.75) is 26.7 Å². The van der Waals surface area contributed by atoms with Crippen LogP contribution in [0.3, 0.4) is 0 Å². The van der Waals surface area contributed by atoms with Crippen LogP contribution in [-0.4, -0.2) is 14.2 Å². The van der Waals surface area contributed by atoms with Crippen molar-refractivity contribution in [1.29, 1.82) is 0 Å². The Kier molecular flexibility index (Phi) is 4.18. The topological polar surface area (TPSA) is 72.2 Å². The first kappa shape index (κ1) is 12.8. The number of hydrogen-bond donors (Lipinski definition) is 2. The average molecular weight is 242 g/mol. The first-order chi connectivity index (χ1) is 7.48. The molecule has 0 saturated carbocycles. The van der Waals surface area contributed by atoms with Crippen molar-refractivity contribution >= 4 is 21.4 Å². The van der Waals surface area contributed by atoms with E-state index in [0.717, 1.165) is 12.0 Å². The van der Waals surface area contributed by atoms with Gasteiger partial charge >= 0.3 is 0 Å². The van der Waals surface area contributed by atoms with E-state index in [1.807, 2.05) is 19.9 Å². The molecule has 16 heavy (non-hydrogen) atoms. The van der Waals surface area contributed by atoms with Crippen molar-refractivity contribution in [1.82, 2.24) is 0 Å². The van der Waals surface area contributed by atoms with Crippen molar-refractivity contribution in [3.05, 3.63) is 23.8 Å². The molecule has 1 rings (SSSR count). The van der Waals surface area contributed by atoms with Gasteiger partial charge in [0.2, 0.25) is 10.0 Å². The predicted molar refractivity (Wildman–Crippen MR) is 67.9 cm³/mol. The van der Waals surface area contributed by atoms with Crippen molar-refractivity contribution < 1.29 is 8.42 Å². The normalized spacial score (nSPS) is 11.4. The molecule has 4 nitrogen and oxygen atoms in total. The molecular formula is C11H18N2O2S. The Balaban J connectivity index is 2.87. The molecule has 5 heteroatoms. The highest BCUT2D eigenvalue weighted by Gasteiger charge is 2.09. The molecule has 90 valence electrons. The molecule has 3 N–H and O–H groups in total. The van der Waals surface area contributed by atoms with Gasteiger partial charge in [-0.25, -0.2) is 8.42 Å². The van der Waals surface area contributed by atoms with E-state index in [1.54, 1.807) is 12.1 Å². The van der Waals surface area contributed by atoms with E-state index in [9.17, 15) is 8.42 Å². The third kappa shape index (κ3) is 3.41. The molecule has 0 amide bonds. The molecule has 0 aliphatic heterocycles. The standard InChI is InChI=1S/C11H18N2O2S/c1-3-7-16(14,15)13-10-6-5-9(4-2)11(12)8-10/h5-6,8,13H,3-4,7,12H2,1-2H3. The van der Waals surface area contributed by atoms with E-state index in [0.29, 0.717) is 17.8 Å². The van der Waals surface area contributed by atoms with Crippen LogP contribution < -0.4 is 10.5 Å². The Morgan fingerprint density at radius 1 is 1.31 bits per heavy atom. The van der Waals surface area contributed by atoms with E-state index < -0.39 is 10.0 Å². The van der Waals surface area contributed by atoms with Crippen LogP contribution in [-0.2, 0) is 16.4 Å². The summed E-state index contributed by atoms with van der Waals surface area (Å²) in [6, 6.07) is 5.24. The number of nitrogen functional groups attached to an aromatic ring is 1. The number of nitrogens with two attached hydrogens (primary N) is 1. The van der Waals surface area contributed by atoms with Crippen LogP contribution in [0.25, 0.3) is 0 Å². The van der Waals surface area contributed by atoms with E-state index in [2.05, 4.69) is 4.72 Å². The van der Waals surface area contributed by atoms with Crippen LogP contribution in [0.4, 0.5) is 11.4 Å². The Labute approximate surface area is 96.9 Å². The zero-order valence-electron chi connectivity index (χ0n) is 9.66. The van der Waals surface area contributed by atoms with Gasteiger partial charge in [-0.15, -0.1) is 0 Å². The molecule has 0 spiro atoms. The summed E-state index contributed by atoms with van der Waals surface area (Å²) in [7, 11) is -3.23. The van der Waals surface area contributed by atoms with Gasteiger partial charge in [0.25, 0.3) is 0 Å². The molecule has 1 aromatic carbocycles. The molecule has 0 aliphatic carbocycles. The van der Waals surface area contributed by atoms with Gasteiger partial charge in [0.1, 0.15) is 0 Å². The second-order valence-corrected chi connectivity index (χ2v) is 5.53. The van der Waals surface area contributed by atoms with E-state index >= 15 is 0 Å². The first-order valence-corrected chi connectivity index (χ1v) is 7.02. The van der Waals surface area contributed by atoms with Crippen LogP contribution in [0.2, 0.25) is 0 Å². The largest absolute Gasteiger partial charge is 0.398 e. The van der Waals surface area contributed by atoms with Gasteiger partial charge in [-0.2, -0.15) is 0 Å². The lowest BCUT2D eigenvalue weighted by Crippen LogP contribution is -2.16. The molecule has 0 bridgehead atoms. The number of anilines is 2. The fraction of sp³-hybridized carbons (Fsp3) is 0.455. The summed E-state index contributed by atoms with van der Waals surface area (Å²) >= 11 is 0. The zero-order valence-corrected chi connectivity index (χ0v) is 10.5. The molecule has 0 aromatic heterocycles. The molecule has 0 fully saturated rings. The summed E-state index contributed by atoms with van der Waals surface area (Å²) in [6.07, 6.45) is 1.44. The molecule has 0 radical (unpaired) electrons. The zero-order chi connectivity index (χ0) is 12.2. The third-order valence-electron chi connectivity index (χ3n) is 2.27. The van der Waals surface area contributed by atoms with Gasteiger partial charge in [-0.3, -0.25) is 4.72 Å². The summed E-state index contributed by atoms with van der Waals surface area (Å²) < 4.78 is 25.5. The maximum Gasteiger partial charge on any atom is 0.232 e. The lowest BCUT2D eigenvalue weighted by Gasteiger charge is -2.09. The predicted octanol–water partition coefficient (Wildman–Crippen LogP) is 1.98. The van der Waals surface area contributed by atoms with Gasteiger partial charge < -0.3 is 5.73 Å². The van der Waals surface area contributed by atoms with Crippen molar-refractivity contribution in [3.63, 3.8) is 0 Å². The lowest BCUT2D eigenvalue weighted by molar-refractivity contribution is 0.600. The Hall–Kier alpha value is -1.23. The van der Waals surface area contributed by atoms with E-state index in [-0.39, 0.29) is 5.75 Å². The minimum Gasteiger partial charge on any atom is -0.398 e. The fourth-order valence-corrected chi connectivity index (χ4v) is 2.61. The molecule has 0 heterocycles. The highest BCUT2D eigenvalue weighted by atomic mass is 32.2. The molecular weight excluding hydrogens is 224 g/mol. The summed E-state index contributed by atoms with van der Waals surface area (Å²) in [5.74, 6) is 0.127. The van der Waals surface area contributed by atoms with E-state index in [4.69, 9.17) is 5.73 Å². The second kappa shape index (κ2) is 5.21. The van der Waals surface area contributed by atoms with Gasteiger partial charge in [0.05, 0.1) is 11.4 Å². The lowest BCUT2D eigenvalue weighted by atomic mass is 10.1. The Bertz CT molecular complexity index is 455. The van der Waals surface area contributed by atoms with Crippen molar-refractivity contribution in [2.24, 2.45) is 0 Å². The van der Waals surface area contributed by atoms with Crippen LogP contribution in [0, 0.1) is 0 Å². The second-order valence-electron chi connectivity index (χ2n) is 3.69. The number of benzene rings is 1. The summed E-state index contributed by atoms with van der Waals surface area (Å²) in [6.45, 7) is 3.83. The summed E-state index contributed by atoms with van der Waals surface area (Å²) in [4.78, 5) is 0. The number of aryl methyl sites for hydroxylation is 1. The average Bonchev–Trinajstić information content (AvgIpc) is 2.17. The smallest absolute Gasteiger partial charge is 0.232 e. The highest BCUT2D eigenvalue weighted by Crippen LogP contribution is 2.19. The van der Waals surface area contributed by atoms with Crippen molar-refractivity contribution in [2.75, 3.05) is 16.2 Å². The van der Waals surface area contributed by atoms with Gasteiger partial charge in [0.15, 0.2) is 0 Å². The van der Waals surface area contributed by atoms with Gasteiger partial charge in [-0.05, 0) is 30.5 Å². The van der Waals surface area contributed by atoms with Crippen molar-refractivity contribution in [3.8, 4) is 0 Å². The monoisotopic (exact) mass is 242 g/mol. The van der Waals surface area contributed by atoms with Crippen LogP contribution in [0.15, 0.2) is 18.2 Å². The van der Waals surface area contributed by atoms with Crippen LogP contribution in [0.1, 0.15) is 25.8 Å². The Morgan fingerprint density at radius 3 is 2.50 bits per heavy atom. The maximum atomic E-state index is 11.5. The highest BCUT2D eigenvalue weighted by molar-refractivity contribution is 7.92. The van der Waals surface area contributed by atoms with Gasteiger partial charge in [0, 0.05) is 5.69 Å². The minimum atomic E-state index is -3.23. The Morgan fingerprint density at radius 2 is 2.00 bits per heavy atom. The summed E-state index contributed by atoms with van der Waals surface area (Å²) in [5.41, 5.74) is 7.97. The molecule has 1 aromatic rings. The minimum absolute atomic E-state index is 0.127. The van der Waals surface area contributed by atoms with Gasteiger partial charge in [-0.1, -0.05) is 19.9 Å². The van der Waals surface area contributed by atoms with Crippen LogP contribution in [0.5, 0.6) is 0 Å². The molecule has 0 unspecified atom stereocenters. The third-order valence-corrected chi connectivity index (χ3v) is 3.77. The SMILES string of the molecule is CCCS(=O)(=O)Nc1ccc(CC)c(N)c1. The number of hydrogen-bond acceptors (Lipinski definition) is 3. The maximum absolute atomic E-state index is 11.5. The number of rotatable bonds is 5. The molecule has 0 atom stereocenters. The number of nitrogens with one attached hydrogen (secondary N) is 1. The summed E-state index contributed by atoms with van der Waals surface area (Å²) in [5, 5.41) is 0. The molecule has 0 saturated heterocycles.